The maximum Gasteiger partial charge on any atom is 0.407 e. The van der Waals surface area contributed by atoms with E-state index in [0.717, 1.165) is 12.0 Å². The third kappa shape index (κ3) is 4.55. The molecule has 20 heavy (non-hydrogen) atoms. The SMILES string of the molecule is O=C(O)Cc1cccc(CNC(=O)O[C@H]2CCOC2)c1. The Morgan fingerprint density at radius 2 is 2.20 bits per heavy atom. The first-order chi connectivity index (χ1) is 9.63. The summed E-state index contributed by atoms with van der Waals surface area (Å²) in [5, 5.41) is 11.4. The smallest absolute Gasteiger partial charge is 0.407 e. The number of nitrogens with one attached hydrogen (secondary N) is 1. The number of amides is 1. The van der Waals surface area contributed by atoms with Gasteiger partial charge >= 0.3 is 12.1 Å². The second-order valence-electron chi connectivity index (χ2n) is 4.63. The van der Waals surface area contributed by atoms with Crippen molar-refractivity contribution in [2.75, 3.05) is 13.2 Å². The van der Waals surface area contributed by atoms with Gasteiger partial charge in [-0.05, 0) is 11.1 Å². The molecule has 0 radical (unpaired) electrons. The zero-order valence-electron chi connectivity index (χ0n) is 11.0. The van der Waals surface area contributed by atoms with Crippen LogP contribution in [0.3, 0.4) is 0 Å². The highest BCUT2D eigenvalue weighted by molar-refractivity contribution is 5.70. The zero-order valence-corrected chi connectivity index (χ0v) is 11.0. The topological polar surface area (TPSA) is 84.9 Å². The molecule has 108 valence electrons. The van der Waals surface area contributed by atoms with Crippen LogP contribution < -0.4 is 5.32 Å². The molecule has 1 fully saturated rings. The van der Waals surface area contributed by atoms with Gasteiger partial charge in [-0.2, -0.15) is 0 Å². The molecule has 1 aromatic carbocycles. The third-order valence-electron chi connectivity index (χ3n) is 2.95. The van der Waals surface area contributed by atoms with Gasteiger partial charge in [0.15, 0.2) is 0 Å². The van der Waals surface area contributed by atoms with E-state index in [1.165, 1.54) is 0 Å². The number of ether oxygens (including phenoxy) is 2. The summed E-state index contributed by atoms with van der Waals surface area (Å²) in [5.74, 6) is -0.879. The fourth-order valence-corrected chi connectivity index (χ4v) is 2.00. The maximum absolute atomic E-state index is 11.6. The summed E-state index contributed by atoms with van der Waals surface area (Å²) in [6.45, 7) is 1.37. The van der Waals surface area contributed by atoms with Crippen LogP contribution in [0, 0.1) is 0 Å². The van der Waals surface area contributed by atoms with E-state index < -0.39 is 12.1 Å². The zero-order chi connectivity index (χ0) is 14.4. The van der Waals surface area contributed by atoms with Gasteiger partial charge in [0.2, 0.25) is 0 Å². The Kier molecular flexibility index (Phi) is 4.95. The Balaban J connectivity index is 1.80. The molecule has 1 aromatic rings. The molecule has 0 bridgehead atoms. The van der Waals surface area contributed by atoms with Gasteiger partial charge < -0.3 is 19.9 Å². The van der Waals surface area contributed by atoms with Gasteiger partial charge in [-0.1, -0.05) is 24.3 Å². The van der Waals surface area contributed by atoms with Gasteiger partial charge in [-0.3, -0.25) is 4.79 Å². The number of benzene rings is 1. The Labute approximate surface area is 116 Å². The number of hydrogen-bond donors (Lipinski definition) is 2. The molecule has 0 aliphatic carbocycles. The molecule has 1 saturated heterocycles. The molecule has 1 aliphatic heterocycles. The van der Waals surface area contributed by atoms with Crippen molar-refractivity contribution in [2.24, 2.45) is 0 Å². The van der Waals surface area contributed by atoms with Crippen LogP contribution in [-0.2, 0) is 27.2 Å². The molecule has 0 aromatic heterocycles. The van der Waals surface area contributed by atoms with E-state index in [9.17, 15) is 9.59 Å². The van der Waals surface area contributed by atoms with Crippen molar-refractivity contribution < 1.29 is 24.2 Å². The second kappa shape index (κ2) is 6.91. The Morgan fingerprint density at radius 1 is 1.40 bits per heavy atom. The molecule has 1 amide bonds. The standard InChI is InChI=1S/C14H17NO5/c16-13(17)7-10-2-1-3-11(6-10)8-15-14(18)20-12-4-5-19-9-12/h1-3,6,12H,4-5,7-9H2,(H,15,18)(H,16,17)/t12-/m0/s1. The molecule has 0 saturated carbocycles. The van der Waals surface area contributed by atoms with Gasteiger partial charge in [0.05, 0.1) is 19.6 Å². The third-order valence-corrected chi connectivity index (χ3v) is 2.95. The fraction of sp³-hybridized carbons (Fsp3) is 0.429. The van der Waals surface area contributed by atoms with Crippen LogP contribution in [0.15, 0.2) is 24.3 Å². The molecule has 6 nitrogen and oxygen atoms in total. The Morgan fingerprint density at radius 3 is 2.90 bits per heavy atom. The lowest BCUT2D eigenvalue weighted by Gasteiger charge is -2.11. The van der Waals surface area contributed by atoms with Crippen LogP contribution in [-0.4, -0.2) is 36.5 Å². The predicted octanol–water partition coefficient (Wildman–Crippen LogP) is 1.33. The number of alkyl carbamates (subject to hydrolysis) is 1. The summed E-state index contributed by atoms with van der Waals surface area (Å²) >= 11 is 0. The summed E-state index contributed by atoms with van der Waals surface area (Å²) in [6.07, 6.45) is 0.0386. The fourth-order valence-electron chi connectivity index (χ4n) is 2.00. The highest BCUT2D eigenvalue weighted by Gasteiger charge is 2.19. The molecule has 0 spiro atoms. The molecule has 1 atom stereocenters. The van der Waals surface area contributed by atoms with Crippen LogP contribution in [0.25, 0.3) is 0 Å². The van der Waals surface area contributed by atoms with Crippen LogP contribution in [0.1, 0.15) is 17.5 Å². The number of carboxylic acids is 1. The van der Waals surface area contributed by atoms with E-state index in [1.54, 1.807) is 18.2 Å². The molecule has 1 heterocycles. The normalized spacial score (nSPS) is 17.7. The van der Waals surface area contributed by atoms with Gasteiger partial charge in [-0.25, -0.2) is 4.79 Å². The number of carbonyl (C=O) groups is 2. The molecule has 1 aliphatic rings. The number of aliphatic carboxylic acids is 1. The highest BCUT2D eigenvalue weighted by Crippen LogP contribution is 2.09. The maximum atomic E-state index is 11.6. The number of carbonyl (C=O) groups excluding carboxylic acids is 1. The molecule has 2 rings (SSSR count). The average molecular weight is 279 g/mol. The average Bonchev–Trinajstić information content (AvgIpc) is 2.89. The molecular formula is C14H17NO5. The van der Waals surface area contributed by atoms with E-state index >= 15 is 0 Å². The summed E-state index contributed by atoms with van der Waals surface area (Å²) in [6, 6.07) is 7.09. The minimum absolute atomic E-state index is 0.0301. The lowest BCUT2D eigenvalue weighted by atomic mass is 10.1. The van der Waals surface area contributed by atoms with Crippen molar-refractivity contribution in [2.45, 2.75) is 25.5 Å². The van der Waals surface area contributed by atoms with E-state index in [2.05, 4.69) is 5.32 Å². The van der Waals surface area contributed by atoms with Crippen LogP contribution in [0.5, 0.6) is 0 Å². The first-order valence-corrected chi connectivity index (χ1v) is 6.45. The van der Waals surface area contributed by atoms with Crippen LogP contribution >= 0.6 is 0 Å². The van der Waals surface area contributed by atoms with Gasteiger partial charge in [0, 0.05) is 13.0 Å². The van der Waals surface area contributed by atoms with Crippen LogP contribution in [0.2, 0.25) is 0 Å². The van der Waals surface area contributed by atoms with Crippen molar-refractivity contribution in [3.05, 3.63) is 35.4 Å². The summed E-state index contributed by atoms with van der Waals surface area (Å²) in [5.41, 5.74) is 1.54. The van der Waals surface area contributed by atoms with E-state index in [0.29, 0.717) is 25.3 Å². The second-order valence-corrected chi connectivity index (χ2v) is 4.63. The first kappa shape index (κ1) is 14.3. The number of hydrogen-bond acceptors (Lipinski definition) is 4. The molecule has 6 heteroatoms. The number of rotatable bonds is 5. The number of carboxylic acid groups (broad SMARTS) is 1. The van der Waals surface area contributed by atoms with Crippen molar-refractivity contribution >= 4 is 12.1 Å². The quantitative estimate of drug-likeness (QED) is 0.849. The summed E-state index contributed by atoms with van der Waals surface area (Å²) < 4.78 is 10.3. The summed E-state index contributed by atoms with van der Waals surface area (Å²) in [7, 11) is 0. The van der Waals surface area contributed by atoms with E-state index in [1.807, 2.05) is 6.07 Å². The first-order valence-electron chi connectivity index (χ1n) is 6.45. The van der Waals surface area contributed by atoms with Crippen molar-refractivity contribution in [1.82, 2.24) is 5.32 Å². The molecule has 0 unspecified atom stereocenters. The Hall–Kier alpha value is -2.08. The minimum Gasteiger partial charge on any atom is -0.481 e. The van der Waals surface area contributed by atoms with Crippen LogP contribution in [0.4, 0.5) is 4.79 Å². The van der Waals surface area contributed by atoms with Crippen molar-refractivity contribution in [3.63, 3.8) is 0 Å². The van der Waals surface area contributed by atoms with Crippen molar-refractivity contribution in [1.29, 1.82) is 0 Å². The van der Waals surface area contributed by atoms with E-state index in [-0.39, 0.29) is 12.5 Å². The molecular weight excluding hydrogens is 262 g/mol. The predicted molar refractivity (Wildman–Crippen MR) is 70.3 cm³/mol. The highest BCUT2D eigenvalue weighted by atomic mass is 16.6. The lowest BCUT2D eigenvalue weighted by molar-refractivity contribution is -0.136. The Bertz CT molecular complexity index is 482. The summed E-state index contributed by atoms with van der Waals surface area (Å²) in [4.78, 5) is 22.2. The monoisotopic (exact) mass is 279 g/mol. The van der Waals surface area contributed by atoms with E-state index in [4.69, 9.17) is 14.6 Å². The largest absolute Gasteiger partial charge is 0.481 e. The van der Waals surface area contributed by atoms with Gasteiger partial charge in [0.1, 0.15) is 6.10 Å². The van der Waals surface area contributed by atoms with Gasteiger partial charge in [-0.15, -0.1) is 0 Å². The van der Waals surface area contributed by atoms with Gasteiger partial charge in [0.25, 0.3) is 0 Å². The lowest BCUT2D eigenvalue weighted by Crippen LogP contribution is -2.28. The minimum atomic E-state index is -0.879. The molecule has 2 N–H and O–H groups in total. The van der Waals surface area contributed by atoms with Crippen molar-refractivity contribution in [3.8, 4) is 0 Å².